The van der Waals surface area contributed by atoms with Crippen LogP contribution in [0.25, 0.3) is 6.08 Å². The van der Waals surface area contributed by atoms with Gasteiger partial charge in [-0.2, -0.15) is 0 Å². The molecule has 0 fully saturated rings. The number of ether oxygens (including phenoxy) is 2. The van der Waals surface area contributed by atoms with Crippen LogP contribution in [0.1, 0.15) is 36.9 Å². The summed E-state index contributed by atoms with van der Waals surface area (Å²) in [5, 5.41) is 0. The molecule has 0 unspecified atom stereocenters. The first-order valence-corrected chi connectivity index (χ1v) is 7.09. The molecule has 0 amide bonds. The minimum Gasteiger partial charge on any atom is -0.464 e. The number of nitrogen functional groups attached to an aromatic ring is 1. The fraction of sp³-hybridized carbons (Fsp3) is 0.118. The van der Waals surface area contributed by atoms with Crippen LogP contribution in [-0.2, 0) is 9.47 Å². The number of hydrogen-bond donors (Lipinski definition) is 1. The second kappa shape index (κ2) is 7.82. The molecular formula is C17H15N3O5. The van der Waals surface area contributed by atoms with Crippen molar-refractivity contribution in [2.24, 2.45) is 0 Å². The molecular weight excluding hydrogens is 326 g/mol. The molecule has 0 atom stereocenters. The number of carbonyl (C=O) groups is 3. The number of rotatable bonds is 5. The molecule has 0 saturated heterocycles. The van der Waals surface area contributed by atoms with Gasteiger partial charge in [0, 0.05) is 0 Å². The van der Waals surface area contributed by atoms with Gasteiger partial charge in [0.2, 0.25) is 5.95 Å². The lowest BCUT2D eigenvalue weighted by atomic mass is 10.0. The molecule has 0 aliphatic rings. The Morgan fingerprint density at radius 3 is 1.96 bits per heavy atom. The van der Waals surface area contributed by atoms with Crippen LogP contribution in [0.15, 0.2) is 36.4 Å². The van der Waals surface area contributed by atoms with Crippen molar-refractivity contribution in [1.82, 2.24) is 9.97 Å². The highest BCUT2D eigenvalue weighted by atomic mass is 16.5. The lowest BCUT2D eigenvalue weighted by Crippen LogP contribution is -2.21. The third-order valence-electron chi connectivity index (χ3n) is 3.16. The molecule has 2 rings (SSSR count). The van der Waals surface area contributed by atoms with Crippen LogP contribution in [-0.4, -0.2) is 41.9 Å². The number of esters is 2. The molecule has 8 nitrogen and oxygen atoms in total. The molecule has 8 heteroatoms. The van der Waals surface area contributed by atoms with Gasteiger partial charge in [-0.3, -0.25) is 4.79 Å². The molecule has 1 aromatic carbocycles. The minimum absolute atomic E-state index is 0.333. The predicted molar refractivity (Wildman–Crippen MR) is 88.9 cm³/mol. The third kappa shape index (κ3) is 4.05. The summed E-state index contributed by atoms with van der Waals surface area (Å²) in [6.45, 7) is 0. The van der Waals surface area contributed by atoms with Gasteiger partial charge in [-0.15, -0.1) is 0 Å². The number of benzene rings is 1. The monoisotopic (exact) mass is 341 g/mol. The van der Waals surface area contributed by atoms with Crippen molar-refractivity contribution >= 4 is 29.7 Å². The number of nitrogens with two attached hydrogens (primary N) is 1. The molecule has 2 N–H and O–H groups in total. The number of hydrogen-bond acceptors (Lipinski definition) is 8. The molecule has 0 saturated carbocycles. The molecule has 0 aliphatic carbocycles. The van der Waals surface area contributed by atoms with Crippen LogP contribution in [0, 0.1) is 0 Å². The molecule has 25 heavy (non-hydrogen) atoms. The van der Waals surface area contributed by atoms with Crippen LogP contribution in [0.4, 0.5) is 5.95 Å². The van der Waals surface area contributed by atoms with Crippen molar-refractivity contribution < 1.29 is 23.9 Å². The van der Waals surface area contributed by atoms with Crippen molar-refractivity contribution in [2.45, 2.75) is 0 Å². The largest absolute Gasteiger partial charge is 0.464 e. The first-order chi connectivity index (χ1) is 12.0. The molecule has 128 valence electrons. The maximum Gasteiger partial charge on any atom is 0.357 e. The van der Waals surface area contributed by atoms with Gasteiger partial charge in [-0.1, -0.05) is 36.4 Å². The molecule has 1 heterocycles. The Labute approximate surface area is 143 Å². The summed E-state index contributed by atoms with van der Waals surface area (Å²) < 4.78 is 9.20. The summed E-state index contributed by atoms with van der Waals surface area (Å²) in [7, 11) is 2.24. The summed E-state index contributed by atoms with van der Waals surface area (Å²) in [4.78, 5) is 43.9. The number of methoxy groups -OCH3 is 2. The maximum absolute atomic E-state index is 12.6. The van der Waals surface area contributed by atoms with Crippen LogP contribution in [0.3, 0.4) is 0 Å². The zero-order valence-electron chi connectivity index (χ0n) is 13.6. The number of carbonyl (C=O) groups excluding carboxylic acids is 3. The molecule has 0 spiro atoms. The highest BCUT2D eigenvalue weighted by molar-refractivity contribution is 6.16. The van der Waals surface area contributed by atoms with Crippen LogP contribution in [0.5, 0.6) is 0 Å². The van der Waals surface area contributed by atoms with Gasteiger partial charge in [-0.25, -0.2) is 19.6 Å². The summed E-state index contributed by atoms with van der Waals surface area (Å²) in [5.41, 5.74) is 5.13. The average Bonchev–Trinajstić information content (AvgIpc) is 2.64. The van der Waals surface area contributed by atoms with Crippen LogP contribution >= 0.6 is 0 Å². The van der Waals surface area contributed by atoms with Crippen molar-refractivity contribution in [1.29, 1.82) is 0 Å². The van der Waals surface area contributed by atoms with Gasteiger partial charge in [0.05, 0.1) is 19.8 Å². The van der Waals surface area contributed by atoms with E-state index in [0.717, 1.165) is 19.8 Å². The first-order valence-electron chi connectivity index (χ1n) is 7.09. The van der Waals surface area contributed by atoms with Gasteiger partial charge in [0.15, 0.2) is 17.2 Å². The van der Waals surface area contributed by atoms with E-state index in [2.05, 4.69) is 19.4 Å². The second-order valence-corrected chi connectivity index (χ2v) is 4.75. The zero-order valence-corrected chi connectivity index (χ0v) is 13.6. The third-order valence-corrected chi connectivity index (χ3v) is 3.16. The number of nitrogens with zero attached hydrogens (tertiary/aromatic N) is 2. The highest BCUT2D eigenvalue weighted by Crippen LogP contribution is 2.17. The summed E-state index contributed by atoms with van der Waals surface area (Å²) in [6.07, 6.45) is 2.73. The number of aromatic nitrogens is 2. The van der Waals surface area contributed by atoms with Gasteiger partial charge < -0.3 is 15.2 Å². The molecule has 0 aliphatic heterocycles. The Kier molecular flexibility index (Phi) is 5.57. The van der Waals surface area contributed by atoms with E-state index in [1.807, 2.05) is 6.07 Å². The fourth-order valence-corrected chi connectivity index (χ4v) is 2.02. The zero-order chi connectivity index (χ0) is 18.4. The van der Waals surface area contributed by atoms with E-state index in [1.165, 1.54) is 12.2 Å². The van der Waals surface area contributed by atoms with Crippen LogP contribution in [0.2, 0.25) is 0 Å². The van der Waals surface area contributed by atoms with Crippen LogP contribution < -0.4 is 5.73 Å². The average molecular weight is 341 g/mol. The molecule has 0 bridgehead atoms. The van der Waals surface area contributed by atoms with E-state index >= 15 is 0 Å². The number of ketones is 1. The topological polar surface area (TPSA) is 121 Å². The van der Waals surface area contributed by atoms with Gasteiger partial charge in [-0.05, 0) is 11.6 Å². The second-order valence-electron chi connectivity index (χ2n) is 4.75. The first kappa shape index (κ1) is 17.8. The fourth-order valence-electron chi connectivity index (χ4n) is 2.02. The SMILES string of the molecule is COC(=O)c1nc(N)nc(C(=O)OC)c1C(=O)/C=C/c1ccccc1. The molecule has 0 radical (unpaired) electrons. The minimum atomic E-state index is -0.921. The molecule has 1 aromatic heterocycles. The van der Waals surface area contributed by atoms with Crippen molar-refractivity contribution in [3.05, 3.63) is 58.9 Å². The van der Waals surface area contributed by atoms with E-state index in [9.17, 15) is 14.4 Å². The quantitative estimate of drug-likeness (QED) is 0.493. The number of allylic oxidation sites excluding steroid dienone is 1. The van der Waals surface area contributed by atoms with E-state index in [4.69, 9.17) is 5.73 Å². The Morgan fingerprint density at radius 2 is 1.48 bits per heavy atom. The van der Waals surface area contributed by atoms with Gasteiger partial charge in [0.1, 0.15) is 0 Å². The van der Waals surface area contributed by atoms with E-state index < -0.39 is 29.1 Å². The van der Waals surface area contributed by atoms with E-state index in [1.54, 1.807) is 24.3 Å². The number of anilines is 1. The highest BCUT2D eigenvalue weighted by Gasteiger charge is 2.28. The van der Waals surface area contributed by atoms with Crippen molar-refractivity contribution in [2.75, 3.05) is 20.0 Å². The predicted octanol–water partition coefficient (Wildman–Crippen LogP) is 1.53. The summed E-state index contributed by atoms with van der Waals surface area (Å²) in [6, 6.07) is 9.00. The Bertz CT molecular complexity index is 810. The lowest BCUT2D eigenvalue weighted by Gasteiger charge is -2.09. The Balaban J connectivity index is 2.56. The summed E-state index contributed by atoms with van der Waals surface area (Å²) in [5.74, 6) is -2.86. The lowest BCUT2D eigenvalue weighted by molar-refractivity contribution is 0.0583. The molecule has 2 aromatic rings. The normalized spacial score (nSPS) is 10.5. The van der Waals surface area contributed by atoms with E-state index in [-0.39, 0.29) is 11.5 Å². The maximum atomic E-state index is 12.6. The van der Waals surface area contributed by atoms with E-state index in [0.29, 0.717) is 0 Å². The van der Waals surface area contributed by atoms with Gasteiger partial charge in [0.25, 0.3) is 0 Å². The van der Waals surface area contributed by atoms with Gasteiger partial charge >= 0.3 is 11.9 Å². The van der Waals surface area contributed by atoms with Crippen molar-refractivity contribution in [3.8, 4) is 0 Å². The Morgan fingerprint density at radius 1 is 0.960 bits per heavy atom. The standard InChI is InChI=1S/C17H15N3O5/c1-24-15(22)13-12(14(16(23)25-2)20-17(18)19-13)11(21)9-8-10-6-4-3-5-7-10/h3-9H,1-2H3,(H2,18,19,20)/b9-8+. The summed E-state index contributed by atoms with van der Waals surface area (Å²) >= 11 is 0. The smallest absolute Gasteiger partial charge is 0.357 e. The van der Waals surface area contributed by atoms with Crippen molar-refractivity contribution in [3.63, 3.8) is 0 Å². The Hall–Kier alpha value is -3.55.